The number of pyridine rings is 1. The predicted molar refractivity (Wildman–Crippen MR) is 99.7 cm³/mol. The first-order valence-corrected chi connectivity index (χ1v) is 7.98. The molecule has 0 saturated heterocycles. The summed E-state index contributed by atoms with van der Waals surface area (Å²) in [4.78, 5) is 3.56. The zero-order valence-corrected chi connectivity index (χ0v) is 13.2. The molecule has 0 fully saturated rings. The normalized spacial score (nSPS) is 11.2. The van der Waals surface area contributed by atoms with Crippen molar-refractivity contribution in [1.29, 1.82) is 0 Å². The van der Waals surface area contributed by atoms with Gasteiger partial charge in [0.25, 0.3) is 0 Å². The SMILES string of the molecule is [C-]#[N+]c1cccc(-c2cccc3c2c2ccccc2n2cnnc32)c1. The monoisotopic (exact) mass is 320 g/mol. The Bertz CT molecular complexity index is 1310. The van der Waals surface area contributed by atoms with Gasteiger partial charge in [-0.1, -0.05) is 54.6 Å². The van der Waals surface area contributed by atoms with E-state index >= 15 is 0 Å². The number of nitrogens with zero attached hydrogens (tertiary/aromatic N) is 4. The molecule has 5 aromatic rings. The Morgan fingerprint density at radius 2 is 1.72 bits per heavy atom. The van der Waals surface area contributed by atoms with Gasteiger partial charge in [0, 0.05) is 16.2 Å². The Morgan fingerprint density at radius 1 is 0.880 bits per heavy atom. The molecule has 0 N–H and O–H groups in total. The first-order valence-electron chi connectivity index (χ1n) is 7.98. The van der Waals surface area contributed by atoms with Gasteiger partial charge in [-0.25, -0.2) is 4.85 Å². The maximum atomic E-state index is 7.29. The third-order valence-electron chi connectivity index (χ3n) is 4.57. The minimum atomic E-state index is 0.641. The number of hydrogen-bond acceptors (Lipinski definition) is 2. The minimum absolute atomic E-state index is 0.641. The Morgan fingerprint density at radius 3 is 2.64 bits per heavy atom. The molecule has 0 spiro atoms. The summed E-state index contributed by atoms with van der Waals surface area (Å²) in [5.41, 5.74) is 4.70. The Hall–Kier alpha value is -3.71. The third kappa shape index (κ3) is 1.93. The van der Waals surface area contributed by atoms with Crippen molar-refractivity contribution in [1.82, 2.24) is 14.6 Å². The number of aromatic nitrogens is 3. The van der Waals surface area contributed by atoms with Crippen LogP contribution >= 0.6 is 0 Å². The van der Waals surface area contributed by atoms with E-state index in [1.165, 1.54) is 0 Å². The number of fused-ring (bicyclic) bond motifs is 6. The van der Waals surface area contributed by atoms with E-state index in [0.717, 1.165) is 38.4 Å². The quantitative estimate of drug-likeness (QED) is 0.312. The standard InChI is InChI=1S/C21H12N4/c1-22-15-7-4-6-14(12-15)16-9-5-10-18-20(16)17-8-2-3-11-19(17)25-13-23-24-21(18)25/h2-13H. The van der Waals surface area contributed by atoms with Crippen molar-refractivity contribution >= 4 is 33.0 Å². The van der Waals surface area contributed by atoms with Crippen molar-refractivity contribution in [3.63, 3.8) is 0 Å². The van der Waals surface area contributed by atoms with Crippen LogP contribution in [0.3, 0.4) is 0 Å². The maximum absolute atomic E-state index is 7.29. The van der Waals surface area contributed by atoms with E-state index in [0.29, 0.717) is 5.69 Å². The van der Waals surface area contributed by atoms with Gasteiger partial charge in [-0.3, -0.25) is 4.40 Å². The summed E-state index contributed by atoms with van der Waals surface area (Å²) < 4.78 is 2.02. The lowest BCUT2D eigenvalue weighted by Crippen LogP contribution is -1.92. The van der Waals surface area contributed by atoms with Crippen molar-refractivity contribution in [3.8, 4) is 11.1 Å². The fraction of sp³-hybridized carbons (Fsp3) is 0. The molecule has 2 heterocycles. The van der Waals surface area contributed by atoms with Crippen LogP contribution < -0.4 is 0 Å². The highest BCUT2D eigenvalue weighted by Crippen LogP contribution is 2.37. The van der Waals surface area contributed by atoms with E-state index in [1.807, 2.05) is 46.9 Å². The van der Waals surface area contributed by atoms with Gasteiger partial charge in [0.1, 0.15) is 6.33 Å². The third-order valence-corrected chi connectivity index (χ3v) is 4.57. The molecule has 0 saturated carbocycles. The van der Waals surface area contributed by atoms with Crippen LogP contribution in [0.1, 0.15) is 0 Å². The second-order valence-electron chi connectivity index (χ2n) is 5.93. The molecule has 0 aliphatic carbocycles. The van der Waals surface area contributed by atoms with Crippen LogP contribution in [0.25, 0.3) is 43.3 Å². The van der Waals surface area contributed by atoms with Crippen LogP contribution in [0.5, 0.6) is 0 Å². The Kier molecular flexibility index (Phi) is 2.82. The fourth-order valence-electron chi connectivity index (χ4n) is 3.50. The molecule has 0 amide bonds. The van der Waals surface area contributed by atoms with E-state index in [4.69, 9.17) is 6.57 Å². The van der Waals surface area contributed by atoms with Gasteiger partial charge >= 0.3 is 0 Å². The Balaban J connectivity index is 2.02. The summed E-state index contributed by atoms with van der Waals surface area (Å²) in [5, 5.41) is 11.8. The maximum Gasteiger partial charge on any atom is 0.187 e. The molecule has 4 heteroatoms. The van der Waals surface area contributed by atoms with E-state index < -0.39 is 0 Å². The van der Waals surface area contributed by atoms with E-state index in [9.17, 15) is 0 Å². The summed E-state index contributed by atoms with van der Waals surface area (Å²) in [7, 11) is 0. The molecule has 0 radical (unpaired) electrons. The average Bonchev–Trinajstić information content (AvgIpc) is 3.18. The van der Waals surface area contributed by atoms with Gasteiger partial charge in [0.2, 0.25) is 0 Å². The Labute approximate surface area is 143 Å². The van der Waals surface area contributed by atoms with Gasteiger partial charge in [0.15, 0.2) is 11.3 Å². The van der Waals surface area contributed by atoms with Gasteiger partial charge in [0.05, 0.1) is 12.1 Å². The van der Waals surface area contributed by atoms with E-state index in [2.05, 4.69) is 39.3 Å². The highest BCUT2D eigenvalue weighted by Gasteiger charge is 2.13. The summed E-state index contributed by atoms with van der Waals surface area (Å²) in [6.45, 7) is 7.29. The highest BCUT2D eigenvalue weighted by atomic mass is 15.2. The van der Waals surface area contributed by atoms with Gasteiger partial charge in [-0.15, -0.1) is 10.2 Å². The molecule has 4 nitrogen and oxygen atoms in total. The molecular formula is C21H12N4. The molecule has 116 valence electrons. The number of rotatable bonds is 1. The molecule has 0 unspecified atom stereocenters. The first-order chi connectivity index (χ1) is 12.4. The van der Waals surface area contributed by atoms with Crippen LogP contribution in [0.15, 0.2) is 73.1 Å². The molecule has 0 aliphatic heterocycles. The van der Waals surface area contributed by atoms with Crippen molar-refractivity contribution in [2.24, 2.45) is 0 Å². The number of benzene rings is 3. The zero-order chi connectivity index (χ0) is 16.8. The van der Waals surface area contributed by atoms with Crippen LogP contribution in [-0.2, 0) is 0 Å². The van der Waals surface area contributed by atoms with Crippen LogP contribution in [-0.4, -0.2) is 14.6 Å². The zero-order valence-electron chi connectivity index (χ0n) is 13.2. The van der Waals surface area contributed by atoms with Crippen LogP contribution in [0.4, 0.5) is 5.69 Å². The van der Waals surface area contributed by atoms with Gasteiger partial charge < -0.3 is 0 Å². The highest BCUT2D eigenvalue weighted by molar-refractivity contribution is 6.17. The van der Waals surface area contributed by atoms with Crippen molar-refractivity contribution < 1.29 is 0 Å². The summed E-state index contributed by atoms with van der Waals surface area (Å²) >= 11 is 0. The number of para-hydroxylation sites is 1. The topological polar surface area (TPSA) is 34.5 Å². The summed E-state index contributed by atoms with van der Waals surface area (Å²) in [6, 6.07) is 22.2. The predicted octanol–water partition coefficient (Wildman–Crippen LogP) is 5.25. The molecule has 0 atom stereocenters. The lowest BCUT2D eigenvalue weighted by molar-refractivity contribution is 1.11. The minimum Gasteiger partial charge on any atom is -0.281 e. The largest absolute Gasteiger partial charge is 0.281 e. The smallest absolute Gasteiger partial charge is 0.187 e. The second-order valence-corrected chi connectivity index (χ2v) is 5.93. The molecular weight excluding hydrogens is 308 g/mol. The second kappa shape index (κ2) is 5.15. The molecule has 3 aromatic carbocycles. The lowest BCUT2D eigenvalue weighted by Gasteiger charge is -2.12. The van der Waals surface area contributed by atoms with Gasteiger partial charge in [-0.05, 0) is 23.3 Å². The van der Waals surface area contributed by atoms with Gasteiger partial charge in [-0.2, -0.15) is 0 Å². The molecule has 5 rings (SSSR count). The average molecular weight is 320 g/mol. The number of hydrogen-bond donors (Lipinski definition) is 0. The van der Waals surface area contributed by atoms with Crippen LogP contribution in [0, 0.1) is 6.57 Å². The molecule has 25 heavy (non-hydrogen) atoms. The summed E-state index contributed by atoms with van der Waals surface area (Å²) in [5.74, 6) is 0. The molecule has 0 bridgehead atoms. The molecule has 0 aliphatic rings. The molecule has 2 aromatic heterocycles. The summed E-state index contributed by atoms with van der Waals surface area (Å²) in [6.07, 6.45) is 1.75. The van der Waals surface area contributed by atoms with E-state index in [1.54, 1.807) is 6.33 Å². The van der Waals surface area contributed by atoms with E-state index in [-0.39, 0.29) is 0 Å². The van der Waals surface area contributed by atoms with Crippen LogP contribution in [0.2, 0.25) is 0 Å². The lowest BCUT2D eigenvalue weighted by atomic mass is 9.95. The van der Waals surface area contributed by atoms with Crippen molar-refractivity contribution in [2.75, 3.05) is 0 Å². The first kappa shape index (κ1) is 13.7. The fourth-order valence-corrected chi connectivity index (χ4v) is 3.50. The van der Waals surface area contributed by atoms with Crippen molar-refractivity contribution in [3.05, 3.63) is 84.5 Å². The van der Waals surface area contributed by atoms with Crippen molar-refractivity contribution in [2.45, 2.75) is 0 Å².